The quantitative estimate of drug-likeness (QED) is 0.762. The van der Waals surface area contributed by atoms with Crippen molar-refractivity contribution in [1.82, 2.24) is 10.6 Å². The molecule has 3 heteroatoms. The van der Waals surface area contributed by atoms with E-state index >= 15 is 0 Å². The zero-order chi connectivity index (χ0) is 13.0. The van der Waals surface area contributed by atoms with Crippen molar-refractivity contribution in [2.24, 2.45) is 11.8 Å². The molecule has 0 saturated heterocycles. The monoisotopic (exact) mass is 252 g/mol. The molecule has 2 aliphatic carbocycles. The van der Waals surface area contributed by atoms with Gasteiger partial charge in [0.2, 0.25) is 5.91 Å². The summed E-state index contributed by atoms with van der Waals surface area (Å²) in [6.45, 7) is 5.12. The minimum Gasteiger partial charge on any atom is -0.352 e. The summed E-state index contributed by atoms with van der Waals surface area (Å²) < 4.78 is 0. The highest BCUT2D eigenvalue weighted by molar-refractivity contribution is 5.78. The van der Waals surface area contributed by atoms with Gasteiger partial charge in [-0.1, -0.05) is 26.7 Å². The lowest BCUT2D eigenvalue weighted by atomic mass is 9.81. The molecule has 18 heavy (non-hydrogen) atoms. The summed E-state index contributed by atoms with van der Waals surface area (Å²) in [7, 11) is 0. The molecule has 2 rings (SSSR count). The van der Waals surface area contributed by atoms with Gasteiger partial charge >= 0.3 is 0 Å². The number of rotatable bonds is 6. The average molecular weight is 252 g/mol. The Hall–Kier alpha value is -0.570. The first-order valence-electron chi connectivity index (χ1n) is 7.66. The van der Waals surface area contributed by atoms with E-state index in [-0.39, 0.29) is 5.91 Å². The highest BCUT2D eigenvalue weighted by atomic mass is 16.2. The Labute approximate surface area is 111 Å². The average Bonchev–Trinajstić information content (AvgIpc) is 3.10. The summed E-state index contributed by atoms with van der Waals surface area (Å²) in [6.07, 6.45) is 8.88. The Morgan fingerprint density at radius 1 is 1.17 bits per heavy atom. The van der Waals surface area contributed by atoms with Crippen molar-refractivity contribution in [3.05, 3.63) is 0 Å². The fourth-order valence-corrected chi connectivity index (χ4v) is 3.10. The molecule has 2 aliphatic rings. The molecule has 0 heterocycles. The van der Waals surface area contributed by atoms with E-state index < -0.39 is 0 Å². The van der Waals surface area contributed by atoms with Crippen LogP contribution in [0.2, 0.25) is 0 Å². The van der Waals surface area contributed by atoms with E-state index in [1.54, 1.807) is 0 Å². The van der Waals surface area contributed by atoms with Crippen molar-refractivity contribution in [1.29, 1.82) is 0 Å². The van der Waals surface area contributed by atoms with E-state index in [1.165, 1.54) is 44.9 Å². The predicted octanol–water partition coefficient (Wildman–Crippen LogP) is 2.46. The van der Waals surface area contributed by atoms with Gasteiger partial charge in [0.05, 0.1) is 6.54 Å². The SMILES string of the molecule is CC(C)CC1CCCC(NCC(=O)NC2CC2)C1. The molecule has 0 bridgehead atoms. The molecule has 0 aromatic heterocycles. The highest BCUT2D eigenvalue weighted by Gasteiger charge is 2.25. The Kier molecular flexibility index (Phi) is 5.04. The fourth-order valence-electron chi connectivity index (χ4n) is 3.10. The smallest absolute Gasteiger partial charge is 0.234 e. The summed E-state index contributed by atoms with van der Waals surface area (Å²) >= 11 is 0. The first-order valence-corrected chi connectivity index (χ1v) is 7.66. The second-order valence-electron chi connectivity index (χ2n) is 6.58. The Balaban J connectivity index is 1.63. The van der Waals surface area contributed by atoms with Crippen LogP contribution in [-0.2, 0) is 4.79 Å². The molecule has 0 aromatic rings. The van der Waals surface area contributed by atoms with Crippen LogP contribution in [0.15, 0.2) is 0 Å². The van der Waals surface area contributed by atoms with Gasteiger partial charge in [0.25, 0.3) is 0 Å². The Morgan fingerprint density at radius 2 is 1.94 bits per heavy atom. The van der Waals surface area contributed by atoms with Crippen LogP contribution in [0.4, 0.5) is 0 Å². The third-order valence-corrected chi connectivity index (χ3v) is 4.08. The van der Waals surface area contributed by atoms with Crippen LogP contribution >= 0.6 is 0 Å². The van der Waals surface area contributed by atoms with Crippen molar-refractivity contribution in [3.63, 3.8) is 0 Å². The van der Waals surface area contributed by atoms with E-state index in [1.807, 2.05) is 0 Å². The number of carbonyl (C=O) groups excluding carboxylic acids is 1. The van der Waals surface area contributed by atoms with Gasteiger partial charge in [-0.05, 0) is 43.9 Å². The van der Waals surface area contributed by atoms with Crippen molar-refractivity contribution in [2.75, 3.05) is 6.54 Å². The number of nitrogens with one attached hydrogen (secondary N) is 2. The molecular formula is C15H28N2O. The molecule has 0 spiro atoms. The third-order valence-electron chi connectivity index (χ3n) is 4.08. The lowest BCUT2D eigenvalue weighted by Crippen LogP contribution is -2.42. The first-order chi connectivity index (χ1) is 8.63. The Morgan fingerprint density at radius 3 is 2.61 bits per heavy atom. The minimum absolute atomic E-state index is 0.184. The van der Waals surface area contributed by atoms with Gasteiger partial charge < -0.3 is 10.6 Å². The molecule has 0 aromatic carbocycles. The van der Waals surface area contributed by atoms with Crippen LogP contribution < -0.4 is 10.6 Å². The van der Waals surface area contributed by atoms with Gasteiger partial charge in [-0.25, -0.2) is 0 Å². The fraction of sp³-hybridized carbons (Fsp3) is 0.933. The summed E-state index contributed by atoms with van der Waals surface area (Å²) in [5, 5.41) is 6.48. The summed E-state index contributed by atoms with van der Waals surface area (Å²) in [5.41, 5.74) is 0. The van der Waals surface area contributed by atoms with E-state index in [2.05, 4.69) is 24.5 Å². The van der Waals surface area contributed by atoms with Crippen molar-refractivity contribution >= 4 is 5.91 Å². The number of carbonyl (C=O) groups is 1. The van der Waals surface area contributed by atoms with E-state index in [9.17, 15) is 4.79 Å². The summed E-state index contributed by atoms with van der Waals surface area (Å²) in [6, 6.07) is 1.05. The van der Waals surface area contributed by atoms with Gasteiger partial charge in [-0.3, -0.25) is 4.79 Å². The van der Waals surface area contributed by atoms with E-state index in [4.69, 9.17) is 0 Å². The number of hydrogen-bond acceptors (Lipinski definition) is 2. The van der Waals surface area contributed by atoms with Crippen molar-refractivity contribution in [3.8, 4) is 0 Å². The van der Waals surface area contributed by atoms with Gasteiger partial charge in [0, 0.05) is 12.1 Å². The lowest BCUT2D eigenvalue weighted by molar-refractivity contribution is -0.120. The van der Waals surface area contributed by atoms with Gasteiger partial charge in [-0.15, -0.1) is 0 Å². The molecule has 2 unspecified atom stereocenters. The predicted molar refractivity (Wildman–Crippen MR) is 74.4 cm³/mol. The van der Waals surface area contributed by atoms with E-state index in [0.717, 1.165) is 11.8 Å². The normalized spacial score (nSPS) is 28.4. The maximum absolute atomic E-state index is 11.6. The van der Waals surface area contributed by atoms with Crippen LogP contribution in [0, 0.1) is 11.8 Å². The Bertz CT molecular complexity index is 274. The van der Waals surface area contributed by atoms with Crippen LogP contribution in [0.3, 0.4) is 0 Å². The van der Waals surface area contributed by atoms with E-state index in [0.29, 0.717) is 18.6 Å². The topological polar surface area (TPSA) is 41.1 Å². The molecule has 2 N–H and O–H groups in total. The number of amides is 1. The maximum Gasteiger partial charge on any atom is 0.234 e. The molecule has 2 atom stereocenters. The highest BCUT2D eigenvalue weighted by Crippen LogP contribution is 2.29. The van der Waals surface area contributed by atoms with Crippen molar-refractivity contribution < 1.29 is 4.79 Å². The molecule has 2 saturated carbocycles. The van der Waals surface area contributed by atoms with Crippen LogP contribution in [0.5, 0.6) is 0 Å². The summed E-state index contributed by atoms with van der Waals surface area (Å²) in [4.78, 5) is 11.6. The zero-order valence-electron chi connectivity index (χ0n) is 11.9. The summed E-state index contributed by atoms with van der Waals surface area (Å²) in [5.74, 6) is 1.85. The minimum atomic E-state index is 0.184. The molecule has 0 radical (unpaired) electrons. The standard InChI is InChI=1S/C15H28N2O/c1-11(2)8-12-4-3-5-14(9-12)16-10-15(18)17-13-6-7-13/h11-14,16H,3-10H2,1-2H3,(H,17,18). The van der Waals surface area contributed by atoms with Gasteiger partial charge in [0.15, 0.2) is 0 Å². The molecular weight excluding hydrogens is 224 g/mol. The van der Waals surface area contributed by atoms with Crippen LogP contribution in [0.25, 0.3) is 0 Å². The first kappa shape index (κ1) is 13.9. The second kappa shape index (κ2) is 6.55. The molecule has 104 valence electrons. The van der Waals surface area contributed by atoms with Crippen LogP contribution in [0.1, 0.15) is 58.8 Å². The van der Waals surface area contributed by atoms with Crippen LogP contribution in [-0.4, -0.2) is 24.5 Å². The largest absolute Gasteiger partial charge is 0.352 e. The lowest BCUT2D eigenvalue weighted by Gasteiger charge is -2.30. The molecule has 0 aliphatic heterocycles. The number of hydrogen-bond donors (Lipinski definition) is 2. The molecule has 1 amide bonds. The van der Waals surface area contributed by atoms with Crippen molar-refractivity contribution in [2.45, 2.75) is 70.9 Å². The zero-order valence-corrected chi connectivity index (χ0v) is 11.9. The molecule has 2 fully saturated rings. The van der Waals surface area contributed by atoms with Gasteiger partial charge in [0.1, 0.15) is 0 Å². The third kappa shape index (κ3) is 4.97. The molecule has 3 nitrogen and oxygen atoms in total. The maximum atomic E-state index is 11.6. The second-order valence-corrected chi connectivity index (χ2v) is 6.58. The van der Waals surface area contributed by atoms with Gasteiger partial charge in [-0.2, -0.15) is 0 Å².